The minimum Gasteiger partial charge on any atom is -0.493 e. The highest BCUT2D eigenvalue weighted by Crippen LogP contribution is 2.15. The van der Waals surface area contributed by atoms with E-state index in [9.17, 15) is 0 Å². The molecule has 1 aromatic heterocycles. The molecule has 0 aromatic carbocycles. The first-order valence-electron chi connectivity index (χ1n) is 4.34. The van der Waals surface area contributed by atoms with Gasteiger partial charge in [0.1, 0.15) is 5.82 Å². The van der Waals surface area contributed by atoms with Crippen molar-refractivity contribution in [3.8, 4) is 5.75 Å². The highest BCUT2D eigenvalue weighted by molar-refractivity contribution is 5.24. The number of methoxy groups -OCH3 is 1. The summed E-state index contributed by atoms with van der Waals surface area (Å²) in [4.78, 5) is 8.34. The van der Waals surface area contributed by atoms with E-state index in [4.69, 9.17) is 10.5 Å². The summed E-state index contributed by atoms with van der Waals surface area (Å²) in [5.74, 6) is 1.52. The molecule has 0 radical (unpaired) electrons. The van der Waals surface area contributed by atoms with Gasteiger partial charge in [0.25, 0.3) is 0 Å². The van der Waals surface area contributed by atoms with Gasteiger partial charge in [-0.25, -0.2) is 9.97 Å². The van der Waals surface area contributed by atoms with Crippen molar-refractivity contribution in [3.63, 3.8) is 0 Å². The fourth-order valence-corrected chi connectivity index (χ4v) is 1.12. The molecule has 0 bridgehead atoms. The molecular formula is C9H15N3O. The Labute approximate surface area is 78.1 Å². The Morgan fingerprint density at radius 2 is 2.31 bits per heavy atom. The Bertz CT molecular complexity index is 276. The van der Waals surface area contributed by atoms with Crippen molar-refractivity contribution in [2.75, 3.05) is 13.7 Å². The first kappa shape index (κ1) is 9.92. The van der Waals surface area contributed by atoms with Gasteiger partial charge in [0.15, 0.2) is 5.75 Å². The molecule has 0 spiro atoms. The van der Waals surface area contributed by atoms with E-state index >= 15 is 0 Å². The summed E-state index contributed by atoms with van der Waals surface area (Å²) in [7, 11) is 1.62. The van der Waals surface area contributed by atoms with Gasteiger partial charge in [0.05, 0.1) is 19.0 Å². The molecule has 1 heterocycles. The molecule has 0 fully saturated rings. The predicted octanol–water partition coefficient (Wildman–Crippen LogP) is 0.685. The van der Waals surface area contributed by atoms with Crippen molar-refractivity contribution in [2.24, 2.45) is 5.73 Å². The second-order valence-electron chi connectivity index (χ2n) is 2.82. The Kier molecular flexibility index (Phi) is 3.64. The van der Waals surface area contributed by atoms with Crippen LogP contribution in [0.25, 0.3) is 0 Å². The van der Waals surface area contributed by atoms with Gasteiger partial charge in [-0.05, 0) is 26.3 Å². The fraction of sp³-hybridized carbons (Fsp3) is 0.556. The third-order valence-corrected chi connectivity index (χ3v) is 1.79. The number of ether oxygens (including phenoxy) is 1. The number of hydrogen-bond acceptors (Lipinski definition) is 4. The Balaban J connectivity index is 2.81. The van der Waals surface area contributed by atoms with Gasteiger partial charge in [-0.15, -0.1) is 0 Å². The van der Waals surface area contributed by atoms with E-state index in [1.807, 2.05) is 6.92 Å². The summed E-state index contributed by atoms with van der Waals surface area (Å²) in [6.45, 7) is 2.54. The molecular weight excluding hydrogens is 166 g/mol. The van der Waals surface area contributed by atoms with Gasteiger partial charge in [0, 0.05) is 0 Å². The number of hydrogen-bond donors (Lipinski definition) is 1. The maximum Gasteiger partial charge on any atom is 0.158 e. The van der Waals surface area contributed by atoms with Crippen LogP contribution in [0.1, 0.15) is 17.9 Å². The molecule has 1 rings (SSSR count). The molecule has 0 saturated heterocycles. The van der Waals surface area contributed by atoms with Crippen molar-refractivity contribution < 1.29 is 4.74 Å². The van der Waals surface area contributed by atoms with Gasteiger partial charge in [-0.3, -0.25) is 0 Å². The first-order valence-corrected chi connectivity index (χ1v) is 4.34. The zero-order chi connectivity index (χ0) is 9.68. The molecule has 0 saturated carbocycles. The number of nitrogens with zero attached hydrogens (tertiary/aromatic N) is 2. The second kappa shape index (κ2) is 4.77. The molecule has 0 aliphatic rings. The van der Waals surface area contributed by atoms with Crippen LogP contribution in [0, 0.1) is 6.92 Å². The van der Waals surface area contributed by atoms with Crippen LogP contribution in [-0.4, -0.2) is 23.6 Å². The molecule has 0 amide bonds. The lowest BCUT2D eigenvalue weighted by Crippen LogP contribution is -2.04. The second-order valence-corrected chi connectivity index (χ2v) is 2.82. The lowest BCUT2D eigenvalue weighted by atomic mass is 10.2. The third-order valence-electron chi connectivity index (χ3n) is 1.79. The lowest BCUT2D eigenvalue weighted by molar-refractivity contribution is 0.403. The predicted molar refractivity (Wildman–Crippen MR) is 50.7 cm³/mol. The number of aryl methyl sites for hydroxylation is 2. The molecule has 72 valence electrons. The summed E-state index contributed by atoms with van der Waals surface area (Å²) in [5, 5.41) is 0. The van der Waals surface area contributed by atoms with Crippen LogP contribution in [0.2, 0.25) is 0 Å². The standard InChI is InChI=1S/C9H15N3O/c1-7-11-6-9(13-2)8(12-7)4-3-5-10/h6H,3-5,10H2,1-2H3. The van der Waals surface area contributed by atoms with Crippen LogP contribution < -0.4 is 10.5 Å². The normalized spacial score (nSPS) is 10.1. The van der Waals surface area contributed by atoms with Gasteiger partial charge >= 0.3 is 0 Å². The van der Waals surface area contributed by atoms with E-state index in [1.54, 1.807) is 13.3 Å². The summed E-state index contributed by atoms with van der Waals surface area (Å²) >= 11 is 0. The van der Waals surface area contributed by atoms with E-state index in [2.05, 4.69) is 9.97 Å². The highest BCUT2D eigenvalue weighted by Gasteiger charge is 2.04. The molecule has 4 nitrogen and oxygen atoms in total. The maximum atomic E-state index is 5.42. The average Bonchev–Trinajstić information content (AvgIpc) is 2.15. The molecule has 0 aliphatic heterocycles. The minimum absolute atomic E-state index is 0.673. The Hall–Kier alpha value is -1.16. The van der Waals surface area contributed by atoms with E-state index in [0.717, 1.165) is 30.1 Å². The average molecular weight is 181 g/mol. The van der Waals surface area contributed by atoms with Crippen LogP contribution in [0.5, 0.6) is 5.75 Å². The van der Waals surface area contributed by atoms with E-state index in [0.29, 0.717) is 6.54 Å². The summed E-state index contributed by atoms with van der Waals surface area (Å²) < 4.78 is 5.13. The summed E-state index contributed by atoms with van der Waals surface area (Å²) in [5.41, 5.74) is 6.37. The fourth-order valence-electron chi connectivity index (χ4n) is 1.12. The van der Waals surface area contributed by atoms with E-state index < -0.39 is 0 Å². The van der Waals surface area contributed by atoms with Crippen molar-refractivity contribution in [3.05, 3.63) is 17.7 Å². The molecule has 13 heavy (non-hydrogen) atoms. The molecule has 2 N–H and O–H groups in total. The van der Waals surface area contributed by atoms with Crippen LogP contribution in [0.3, 0.4) is 0 Å². The van der Waals surface area contributed by atoms with Gasteiger partial charge in [-0.2, -0.15) is 0 Å². The summed E-state index contributed by atoms with van der Waals surface area (Å²) in [6.07, 6.45) is 3.48. The van der Waals surface area contributed by atoms with Gasteiger partial charge in [0.2, 0.25) is 0 Å². The molecule has 0 aliphatic carbocycles. The van der Waals surface area contributed by atoms with E-state index in [-0.39, 0.29) is 0 Å². The Morgan fingerprint density at radius 3 is 2.92 bits per heavy atom. The van der Waals surface area contributed by atoms with Crippen LogP contribution in [0.15, 0.2) is 6.20 Å². The number of aromatic nitrogens is 2. The lowest BCUT2D eigenvalue weighted by Gasteiger charge is -2.06. The SMILES string of the molecule is COc1cnc(C)nc1CCCN. The molecule has 0 atom stereocenters. The maximum absolute atomic E-state index is 5.42. The van der Waals surface area contributed by atoms with Gasteiger partial charge < -0.3 is 10.5 Å². The van der Waals surface area contributed by atoms with Crippen molar-refractivity contribution in [2.45, 2.75) is 19.8 Å². The zero-order valence-electron chi connectivity index (χ0n) is 8.08. The first-order chi connectivity index (χ1) is 6.27. The number of nitrogens with two attached hydrogens (primary N) is 1. The Morgan fingerprint density at radius 1 is 1.54 bits per heavy atom. The van der Waals surface area contributed by atoms with Crippen LogP contribution >= 0.6 is 0 Å². The summed E-state index contributed by atoms with van der Waals surface area (Å²) in [6, 6.07) is 0. The van der Waals surface area contributed by atoms with Crippen molar-refractivity contribution in [1.82, 2.24) is 9.97 Å². The minimum atomic E-state index is 0.673. The highest BCUT2D eigenvalue weighted by atomic mass is 16.5. The van der Waals surface area contributed by atoms with Crippen LogP contribution in [0.4, 0.5) is 0 Å². The topological polar surface area (TPSA) is 61.0 Å². The quantitative estimate of drug-likeness (QED) is 0.742. The molecule has 4 heteroatoms. The monoisotopic (exact) mass is 181 g/mol. The third kappa shape index (κ3) is 2.66. The van der Waals surface area contributed by atoms with Crippen molar-refractivity contribution in [1.29, 1.82) is 0 Å². The van der Waals surface area contributed by atoms with Crippen molar-refractivity contribution >= 4 is 0 Å². The zero-order valence-corrected chi connectivity index (χ0v) is 8.08. The number of rotatable bonds is 4. The molecule has 1 aromatic rings. The van der Waals surface area contributed by atoms with E-state index in [1.165, 1.54) is 0 Å². The van der Waals surface area contributed by atoms with Crippen LogP contribution in [-0.2, 0) is 6.42 Å². The van der Waals surface area contributed by atoms with Gasteiger partial charge in [-0.1, -0.05) is 0 Å². The largest absolute Gasteiger partial charge is 0.493 e. The molecule has 0 unspecified atom stereocenters. The smallest absolute Gasteiger partial charge is 0.158 e.